The molecule has 0 radical (unpaired) electrons. The van der Waals surface area contributed by atoms with Crippen molar-refractivity contribution in [3.8, 4) is 5.75 Å². The molecule has 0 spiro atoms. The molecule has 2 fully saturated rings. The summed E-state index contributed by atoms with van der Waals surface area (Å²) in [6.45, 7) is 3.74. The van der Waals surface area contributed by atoms with Gasteiger partial charge in [-0.2, -0.15) is 0 Å². The fraction of sp³-hybridized carbons (Fsp3) is 0.286. The van der Waals surface area contributed by atoms with Crippen LogP contribution >= 0.6 is 23.2 Å². The number of ketones is 1. The van der Waals surface area contributed by atoms with E-state index < -0.39 is 23.5 Å². The summed E-state index contributed by atoms with van der Waals surface area (Å²) in [6.07, 6.45) is 3.51. The first kappa shape index (κ1) is 25.2. The van der Waals surface area contributed by atoms with Crippen molar-refractivity contribution in [2.45, 2.75) is 32.2 Å². The van der Waals surface area contributed by atoms with Gasteiger partial charge in [-0.15, -0.1) is 0 Å². The van der Waals surface area contributed by atoms with Crippen molar-refractivity contribution >= 4 is 52.0 Å². The van der Waals surface area contributed by atoms with Crippen LogP contribution in [0.25, 0.3) is 5.76 Å². The van der Waals surface area contributed by atoms with Gasteiger partial charge in [0.2, 0.25) is 0 Å². The number of rotatable bonds is 5. The Balaban J connectivity index is 1.64. The van der Waals surface area contributed by atoms with E-state index in [2.05, 4.69) is 4.90 Å². The number of Topliss-reactive ketones (excluding diaryl/α,β-unsaturated/α-hetero) is 1. The number of aliphatic hydroxyl groups excluding tert-OH is 1. The maximum Gasteiger partial charge on any atom is 0.300 e. The van der Waals surface area contributed by atoms with Gasteiger partial charge >= 0.3 is 0 Å². The molecule has 1 aromatic heterocycles. The normalized spacial score (nSPS) is 19.5. The number of halogens is 2. The second-order valence-electron chi connectivity index (χ2n) is 9.15. The van der Waals surface area contributed by atoms with E-state index in [0.29, 0.717) is 17.2 Å². The minimum absolute atomic E-state index is 0.103. The molecule has 2 saturated heterocycles. The Morgan fingerprint density at radius 1 is 1.00 bits per heavy atom. The van der Waals surface area contributed by atoms with Crippen LogP contribution in [-0.4, -0.2) is 37.0 Å². The number of piperidine rings is 1. The van der Waals surface area contributed by atoms with Gasteiger partial charge in [0.15, 0.2) is 0 Å². The van der Waals surface area contributed by atoms with Crippen LogP contribution in [0.1, 0.15) is 42.4 Å². The van der Waals surface area contributed by atoms with Gasteiger partial charge in [-0.1, -0.05) is 23.2 Å². The number of amides is 1. The Morgan fingerprint density at radius 2 is 1.68 bits per heavy atom. The maximum atomic E-state index is 13.4. The quantitative estimate of drug-likeness (QED) is 0.225. The van der Waals surface area contributed by atoms with Gasteiger partial charge in [0.1, 0.15) is 29.1 Å². The number of hydrogen-bond donors (Lipinski definition) is 1. The summed E-state index contributed by atoms with van der Waals surface area (Å²) in [5.41, 5.74) is 1.53. The number of hydrogen-bond acceptors (Lipinski definition) is 6. The molecular formula is C28H26Cl2N2O5. The highest BCUT2D eigenvalue weighted by Crippen LogP contribution is 2.45. The summed E-state index contributed by atoms with van der Waals surface area (Å²) < 4.78 is 11.3. The summed E-state index contributed by atoms with van der Waals surface area (Å²) in [7, 11) is 1.39. The highest BCUT2D eigenvalue weighted by atomic mass is 35.5. The van der Waals surface area contributed by atoms with Gasteiger partial charge in [0.25, 0.3) is 11.7 Å². The van der Waals surface area contributed by atoms with E-state index in [1.54, 1.807) is 19.1 Å². The SMILES string of the molecule is COc1c(Cl)cc(Cl)cc1/C(O)=C1\C(=O)C(=O)N(c2ccc(N3CCCCC3)cc2)C1c1ccc(C)o1. The van der Waals surface area contributed by atoms with Crippen LogP contribution in [0.3, 0.4) is 0 Å². The van der Waals surface area contributed by atoms with Crippen molar-refractivity contribution in [1.29, 1.82) is 0 Å². The lowest BCUT2D eigenvalue weighted by molar-refractivity contribution is -0.132. The van der Waals surface area contributed by atoms with Gasteiger partial charge in [0, 0.05) is 29.5 Å². The second-order valence-corrected chi connectivity index (χ2v) is 9.99. The minimum atomic E-state index is -1.00. The largest absolute Gasteiger partial charge is 0.507 e. The molecule has 2 aromatic carbocycles. The van der Waals surface area contributed by atoms with E-state index in [-0.39, 0.29) is 26.9 Å². The van der Waals surface area contributed by atoms with Crippen molar-refractivity contribution in [3.05, 3.63) is 81.2 Å². The van der Waals surface area contributed by atoms with E-state index in [4.69, 9.17) is 32.4 Å². The number of aliphatic hydroxyl groups is 1. The number of aryl methyl sites for hydroxylation is 1. The Labute approximate surface area is 224 Å². The number of benzene rings is 2. The van der Waals surface area contributed by atoms with E-state index in [1.165, 1.54) is 30.6 Å². The topological polar surface area (TPSA) is 83.2 Å². The van der Waals surface area contributed by atoms with Crippen molar-refractivity contribution in [1.82, 2.24) is 0 Å². The number of carbonyl (C=O) groups excluding carboxylic acids is 2. The smallest absolute Gasteiger partial charge is 0.300 e. The van der Waals surface area contributed by atoms with E-state index >= 15 is 0 Å². The van der Waals surface area contributed by atoms with Crippen LogP contribution in [0, 0.1) is 6.92 Å². The van der Waals surface area contributed by atoms with Crippen molar-refractivity contribution in [2.75, 3.05) is 30.0 Å². The first-order chi connectivity index (χ1) is 17.8. The standard InChI is InChI=1S/C28H26Cl2N2O5/c1-16-6-11-22(37-16)24-23(25(33)20-14-17(29)15-21(30)27(20)36-2)26(34)28(35)32(24)19-9-7-18(8-10-19)31-12-4-3-5-13-31/h6-11,14-15,24,33H,3-5,12-13H2,1-2H3/b25-23+. The van der Waals surface area contributed by atoms with Crippen molar-refractivity contribution in [3.63, 3.8) is 0 Å². The highest BCUT2D eigenvalue weighted by molar-refractivity contribution is 6.51. The molecule has 1 atom stereocenters. The van der Waals surface area contributed by atoms with Crippen LogP contribution in [0.5, 0.6) is 5.75 Å². The zero-order valence-electron chi connectivity index (χ0n) is 20.5. The minimum Gasteiger partial charge on any atom is -0.507 e. The third kappa shape index (κ3) is 4.58. The van der Waals surface area contributed by atoms with Gasteiger partial charge in [0.05, 0.1) is 23.3 Å². The molecule has 3 aromatic rings. The first-order valence-corrected chi connectivity index (χ1v) is 12.8. The average molecular weight is 541 g/mol. The number of anilines is 2. The van der Waals surface area contributed by atoms with Crippen molar-refractivity contribution < 1.29 is 23.8 Å². The molecule has 1 amide bonds. The molecule has 9 heteroatoms. The monoisotopic (exact) mass is 540 g/mol. The van der Waals surface area contributed by atoms with E-state index in [9.17, 15) is 14.7 Å². The molecule has 5 rings (SSSR count). The van der Waals surface area contributed by atoms with Crippen LogP contribution in [0.4, 0.5) is 11.4 Å². The summed E-state index contributed by atoms with van der Waals surface area (Å²) in [4.78, 5) is 30.5. The summed E-state index contributed by atoms with van der Waals surface area (Å²) in [5, 5.41) is 11.8. The highest BCUT2D eigenvalue weighted by Gasteiger charge is 2.48. The Kier molecular flexibility index (Phi) is 6.92. The first-order valence-electron chi connectivity index (χ1n) is 12.1. The molecule has 0 saturated carbocycles. The third-order valence-electron chi connectivity index (χ3n) is 6.79. The number of carbonyl (C=O) groups is 2. The summed E-state index contributed by atoms with van der Waals surface area (Å²) in [6, 6.07) is 12.9. The fourth-order valence-corrected chi connectivity index (χ4v) is 5.60. The van der Waals surface area contributed by atoms with E-state index in [1.807, 2.05) is 24.3 Å². The Bertz CT molecular complexity index is 1390. The lowest BCUT2D eigenvalue weighted by atomic mass is 9.98. The molecule has 3 heterocycles. The molecule has 0 bridgehead atoms. The average Bonchev–Trinajstić information content (AvgIpc) is 3.44. The molecule has 2 aliphatic rings. The molecule has 192 valence electrons. The van der Waals surface area contributed by atoms with Crippen LogP contribution in [0.2, 0.25) is 10.0 Å². The molecule has 7 nitrogen and oxygen atoms in total. The third-order valence-corrected chi connectivity index (χ3v) is 7.29. The second kappa shape index (κ2) is 10.1. The lowest BCUT2D eigenvalue weighted by Gasteiger charge is -2.29. The summed E-state index contributed by atoms with van der Waals surface area (Å²) >= 11 is 12.5. The van der Waals surface area contributed by atoms with Gasteiger partial charge in [-0.25, -0.2) is 0 Å². The predicted octanol–water partition coefficient (Wildman–Crippen LogP) is 6.52. The van der Waals surface area contributed by atoms with Gasteiger partial charge in [-0.3, -0.25) is 14.5 Å². The molecular weight excluding hydrogens is 515 g/mol. The lowest BCUT2D eigenvalue weighted by Crippen LogP contribution is -2.30. The molecule has 2 aliphatic heterocycles. The van der Waals surface area contributed by atoms with Crippen LogP contribution < -0.4 is 14.5 Å². The number of furan rings is 1. The van der Waals surface area contributed by atoms with Crippen LogP contribution in [-0.2, 0) is 9.59 Å². The number of methoxy groups -OCH3 is 1. The number of nitrogens with zero attached hydrogens (tertiary/aromatic N) is 2. The predicted molar refractivity (Wildman–Crippen MR) is 144 cm³/mol. The van der Waals surface area contributed by atoms with Gasteiger partial charge in [-0.05, 0) is 74.7 Å². The fourth-order valence-electron chi connectivity index (χ4n) is 5.03. The maximum absolute atomic E-state index is 13.4. The zero-order chi connectivity index (χ0) is 26.3. The Morgan fingerprint density at radius 3 is 2.30 bits per heavy atom. The molecule has 1 N–H and O–H groups in total. The number of ether oxygens (including phenoxy) is 1. The molecule has 37 heavy (non-hydrogen) atoms. The zero-order valence-corrected chi connectivity index (χ0v) is 22.0. The summed E-state index contributed by atoms with van der Waals surface area (Å²) in [5.74, 6) is -1.01. The van der Waals surface area contributed by atoms with Crippen LogP contribution in [0.15, 0.2) is 58.5 Å². The molecule has 1 unspecified atom stereocenters. The molecule has 0 aliphatic carbocycles. The van der Waals surface area contributed by atoms with E-state index in [0.717, 1.165) is 31.6 Å². The Hall–Kier alpha value is -3.42. The van der Waals surface area contributed by atoms with Gasteiger partial charge < -0.3 is 19.2 Å². The van der Waals surface area contributed by atoms with Crippen molar-refractivity contribution in [2.24, 2.45) is 0 Å².